The lowest BCUT2D eigenvalue weighted by Crippen LogP contribution is -2.50. The third-order valence-corrected chi connectivity index (χ3v) is 7.50. The molecule has 0 bridgehead atoms. The van der Waals surface area contributed by atoms with Gasteiger partial charge in [0.1, 0.15) is 34.8 Å². The Hall–Kier alpha value is -4.13. The highest BCUT2D eigenvalue weighted by molar-refractivity contribution is 7.19. The number of hydrogen-bond acceptors (Lipinski definition) is 9. The number of thiazole rings is 1. The van der Waals surface area contributed by atoms with Gasteiger partial charge in [0.25, 0.3) is 5.91 Å². The summed E-state index contributed by atoms with van der Waals surface area (Å²) in [6.45, 7) is 2.21. The van der Waals surface area contributed by atoms with Crippen LogP contribution in [0.4, 0.5) is 15.9 Å². The monoisotopic (exact) mass is 596 g/mol. The van der Waals surface area contributed by atoms with E-state index in [9.17, 15) is 14.0 Å². The van der Waals surface area contributed by atoms with E-state index in [4.69, 9.17) is 21.1 Å². The Kier molecular flexibility index (Phi) is 9.02. The molecule has 0 radical (unpaired) electrons. The number of halogens is 2. The topological polar surface area (TPSA) is 110 Å². The molecular formula is C28H26ClFN6O4S. The maximum absolute atomic E-state index is 13.4. The average Bonchev–Trinajstić information content (AvgIpc) is 3.42. The summed E-state index contributed by atoms with van der Waals surface area (Å²) < 4.78 is 24.1. The van der Waals surface area contributed by atoms with Crippen LogP contribution in [0.1, 0.15) is 15.4 Å². The van der Waals surface area contributed by atoms with Gasteiger partial charge in [-0.3, -0.25) is 9.59 Å². The second-order valence-corrected chi connectivity index (χ2v) is 10.4. The maximum Gasteiger partial charge on any atom is 0.283 e. The van der Waals surface area contributed by atoms with Crippen LogP contribution in [0, 0.1) is 5.82 Å². The van der Waals surface area contributed by atoms with Crippen LogP contribution >= 0.6 is 22.9 Å². The van der Waals surface area contributed by atoms with Crippen molar-refractivity contribution in [3.8, 4) is 5.75 Å². The Morgan fingerprint density at radius 1 is 1.12 bits per heavy atom. The molecule has 0 aliphatic carbocycles. The molecule has 2 amide bonds. The third kappa shape index (κ3) is 6.96. The minimum absolute atomic E-state index is 0.105. The first-order valence-electron chi connectivity index (χ1n) is 12.7. The van der Waals surface area contributed by atoms with Gasteiger partial charge in [0.05, 0.1) is 11.6 Å². The highest BCUT2D eigenvalue weighted by Crippen LogP contribution is 2.32. The molecule has 1 saturated heterocycles. The summed E-state index contributed by atoms with van der Waals surface area (Å²) in [6.07, 6.45) is 4.55. The Balaban J connectivity index is 1.23. The molecule has 0 spiro atoms. The first-order valence-corrected chi connectivity index (χ1v) is 13.9. The van der Waals surface area contributed by atoms with E-state index < -0.39 is 0 Å². The number of benzene rings is 2. The van der Waals surface area contributed by atoms with E-state index in [2.05, 4.69) is 20.3 Å². The van der Waals surface area contributed by atoms with Gasteiger partial charge in [-0.25, -0.2) is 19.3 Å². The quantitative estimate of drug-likeness (QED) is 0.277. The second kappa shape index (κ2) is 13.0. The average molecular weight is 597 g/mol. The first kappa shape index (κ1) is 28.4. The van der Waals surface area contributed by atoms with E-state index in [1.807, 2.05) is 0 Å². The predicted octanol–water partition coefficient (Wildman–Crippen LogP) is 4.69. The number of amides is 2. The van der Waals surface area contributed by atoms with E-state index in [0.29, 0.717) is 76.0 Å². The van der Waals surface area contributed by atoms with E-state index in [0.717, 1.165) is 0 Å². The molecule has 4 aromatic rings. The lowest BCUT2D eigenvalue weighted by Gasteiger charge is -2.33. The van der Waals surface area contributed by atoms with Gasteiger partial charge in [0.2, 0.25) is 5.91 Å². The summed E-state index contributed by atoms with van der Waals surface area (Å²) in [4.78, 5) is 42.6. The molecule has 1 aliphatic rings. The summed E-state index contributed by atoms with van der Waals surface area (Å²) in [5.74, 6) is 0.216. The molecule has 2 aromatic carbocycles. The molecule has 0 saturated carbocycles. The summed E-state index contributed by atoms with van der Waals surface area (Å²) in [6, 6.07) is 11.3. The molecule has 2 aromatic heterocycles. The standard InChI is InChI=1S/C28H26ClFN6O4S/c1-39-13-3-6-23(37)35-9-11-36(12-10-35)28(38)27-34-24-25(31-17-32-26(24)41-27)33-20-7-8-22(21(29)15-20)40-16-18-4-2-5-19(30)14-18/h2-8,14-15,17H,9-13,16H2,1H3,(H,31,32,33). The molecule has 0 atom stereocenters. The molecule has 5 rings (SSSR count). The number of anilines is 2. The van der Waals surface area contributed by atoms with Gasteiger partial charge < -0.3 is 24.6 Å². The summed E-state index contributed by atoms with van der Waals surface area (Å²) in [7, 11) is 1.56. The number of ether oxygens (including phenoxy) is 2. The molecule has 41 heavy (non-hydrogen) atoms. The van der Waals surface area contributed by atoms with Gasteiger partial charge in [-0.15, -0.1) is 0 Å². The molecule has 1 N–H and O–H groups in total. The zero-order valence-electron chi connectivity index (χ0n) is 22.0. The van der Waals surface area contributed by atoms with Crippen molar-refractivity contribution in [1.29, 1.82) is 0 Å². The van der Waals surface area contributed by atoms with Crippen LogP contribution in [0.5, 0.6) is 5.75 Å². The van der Waals surface area contributed by atoms with Crippen molar-refractivity contribution in [2.24, 2.45) is 0 Å². The van der Waals surface area contributed by atoms with E-state index in [1.165, 1.54) is 35.9 Å². The Labute approximate surface area is 244 Å². The van der Waals surface area contributed by atoms with Gasteiger partial charge in [-0.2, -0.15) is 0 Å². The number of nitrogens with zero attached hydrogens (tertiary/aromatic N) is 5. The van der Waals surface area contributed by atoms with Crippen molar-refractivity contribution in [2.45, 2.75) is 6.61 Å². The first-order chi connectivity index (χ1) is 19.9. The van der Waals surface area contributed by atoms with Crippen LogP contribution in [0.3, 0.4) is 0 Å². The fourth-order valence-corrected chi connectivity index (χ4v) is 5.28. The van der Waals surface area contributed by atoms with Crippen LogP contribution in [-0.4, -0.2) is 76.5 Å². The number of carbonyl (C=O) groups is 2. The fraction of sp³-hybridized carbons (Fsp3) is 0.250. The molecule has 13 heteroatoms. The van der Waals surface area contributed by atoms with Crippen molar-refractivity contribution in [1.82, 2.24) is 24.8 Å². The molecule has 212 valence electrons. The van der Waals surface area contributed by atoms with Gasteiger partial charge in [0.15, 0.2) is 10.8 Å². The van der Waals surface area contributed by atoms with Crippen LogP contribution < -0.4 is 10.1 Å². The molecule has 1 aliphatic heterocycles. The number of methoxy groups -OCH3 is 1. The van der Waals surface area contributed by atoms with Gasteiger partial charge in [-0.05, 0) is 35.9 Å². The normalized spacial score (nSPS) is 13.6. The SMILES string of the molecule is COCC=CC(=O)N1CCN(C(=O)c2nc3c(Nc4ccc(OCc5cccc(F)c5)c(Cl)c4)ncnc3s2)CC1. The minimum Gasteiger partial charge on any atom is -0.487 e. The summed E-state index contributed by atoms with van der Waals surface area (Å²) in [5, 5.41) is 3.84. The van der Waals surface area contributed by atoms with Crippen LogP contribution in [-0.2, 0) is 16.1 Å². The molecule has 0 unspecified atom stereocenters. The zero-order valence-corrected chi connectivity index (χ0v) is 23.6. The smallest absolute Gasteiger partial charge is 0.283 e. The number of fused-ring (bicyclic) bond motifs is 1. The van der Waals surface area contributed by atoms with Crippen molar-refractivity contribution >= 4 is 56.6 Å². The summed E-state index contributed by atoms with van der Waals surface area (Å²) in [5.41, 5.74) is 1.78. The highest BCUT2D eigenvalue weighted by Gasteiger charge is 2.26. The fourth-order valence-electron chi connectivity index (χ4n) is 4.17. The van der Waals surface area contributed by atoms with E-state index >= 15 is 0 Å². The minimum atomic E-state index is -0.332. The molecule has 3 heterocycles. The Bertz CT molecular complexity index is 1590. The largest absolute Gasteiger partial charge is 0.487 e. The summed E-state index contributed by atoms with van der Waals surface area (Å²) >= 11 is 7.62. The third-order valence-electron chi connectivity index (χ3n) is 6.26. The van der Waals surface area contributed by atoms with Crippen LogP contribution in [0.25, 0.3) is 10.3 Å². The molecule has 10 nitrogen and oxygen atoms in total. The number of aromatic nitrogens is 3. The van der Waals surface area contributed by atoms with Crippen molar-refractivity contribution in [3.05, 3.63) is 82.4 Å². The zero-order chi connectivity index (χ0) is 28.8. The van der Waals surface area contributed by atoms with Crippen molar-refractivity contribution in [3.63, 3.8) is 0 Å². The van der Waals surface area contributed by atoms with Crippen molar-refractivity contribution < 1.29 is 23.5 Å². The number of nitrogens with one attached hydrogen (secondary N) is 1. The number of piperazine rings is 1. The number of rotatable bonds is 9. The molecule has 1 fully saturated rings. The van der Waals surface area contributed by atoms with Crippen LogP contribution in [0.15, 0.2) is 60.9 Å². The van der Waals surface area contributed by atoms with E-state index in [-0.39, 0.29) is 24.2 Å². The molecular weight excluding hydrogens is 571 g/mol. The van der Waals surface area contributed by atoms with Crippen molar-refractivity contribution in [2.75, 3.05) is 45.2 Å². The van der Waals surface area contributed by atoms with Crippen LogP contribution in [0.2, 0.25) is 5.02 Å². The number of hydrogen-bond donors (Lipinski definition) is 1. The van der Waals surface area contributed by atoms with Gasteiger partial charge in [0, 0.05) is 45.1 Å². The lowest BCUT2D eigenvalue weighted by atomic mass is 10.2. The van der Waals surface area contributed by atoms with E-state index in [1.54, 1.807) is 53.3 Å². The lowest BCUT2D eigenvalue weighted by molar-refractivity contribution is -0.127. The predicted molar refractivity (Wildman–Crippen MR) is 154 cm³/mol. The Morgan fingerprint density at radius 2 is 1.93 bits per heavy atom. The second-order valence-electron chi connectivity index (χ2n) is 9.06. The van der Waals surface area contributed by atoms with Gasteiger partial charge in [-0.1, -0.05) is 41.1 Å². The Morgan fingerprint density at radius 3 is 2.68 bits per heavy atom. The maximum atomic E-state index is 13.4. The number of carbonyl (C=O) groups excluding carboxylic acids is 2. The highest BCUT2D eigenvalue weighted by atomic mass is 35.5. The van der Waals surface area contributed by atoms with Gasteiger partial charge >= 0.3 is 0 Å².